The minimum Gasteiger partial charge on any atom is -0.368 e. The maximum atomic E-state index is 14.5. The quantitative estimate of drug-likeness (QED) is 0.409. The summed E-state index contributed by atoms with van der Waals surface area (Å²) in [4.78, 5) is 20.0. The van der Waals surface area contributed by atoms with Crippen LogP contribution < -0.4 is 9.80 Å². The number of rotatable bonds is 5. The molecule has 188 valence electrons. The van der Waals surface area contributed by atoms with Crippen LogP contribution in [0.2, 0.25) is 5.02 Å². The first-order chi connectivity index (χ1) is 17.4. The first-order valence-electron chi connectivity index (χ1n) is 12.8. The lowest BCUT2D eigenvalue weighted by molar-refractivity contribution is 0.136. The van der Waals surface area contributed by atoms with Gasteiger partial charge in [-0.3, -0.25) is 9.58 Å². The van der Waals surface area contributed by atoms with Crippen LogP contribution in [0.1, 0.15) is 61.3 Å². The number of amides is 2. The molecule has 1 atom stereocenters. The molecule has 2 fully saturated rings. The Kier molecular flexibility index (Phi) is 5.91. The molecule has 8 heteroatoms. The monoisotopic (exact) mass is 507 g/mol. The highest BCUT2D eigenvalue weighted by molar-refractivity contribution is 6.33. The summed E-state index contributed by atoms with van der Waals surface area (Å²) in [6.07, 6.45) is 5.97. The molecule has 6 nitrogen and oxygen atoms in total. The summed E-state index contributed by atoms with van der Waals surface area (Å²) in [7, 11) is 1.91. The Labute approximate surface area is 216 Å². The van der Waals surface area contributed by atoms with Crippen LogP contribution >= 0.6 is 11.6 Å². The number of hydrogen-bond acceptors (Lipinski definition) is 3. The molecule has 0 spiro atoms. The number of para-hydroxylation sites is 1. The van der Waals surface area contributed by atoms with Gasteiger partial charge in [-0.1, -0.05) is 41.9 Å². The molecule has 1 aliphatic carbocycles. The molecule has 1 aromatic heterocycles. The van der Waals surface area contributed by atoms with Crippen molar-refractivity contribution in [2.75, 3.05) is 22.9 Å². The summed E-state index contributed by atoms with van der Waals surface area (Å²) >= 11 is 6.33. The summed E-state index contributed by atoms with van der Waals surface area (Å²) in [5, 5.41) is 5.13. The molecule has 1 unspecified atom stereocenters. The molecular formula is C28H31ClFN5O. The van der Waals surface area contributed by atoms with Crippen LogP contribution in [0.15, 0.2) is 48.7 Å². The van der Waals surface area contributed by atoms with E-state index in [0.717, 1.165) is 24.2 Å². The summed E-state index contributed by atoms with van der Waals surface area (Å²) in [6.45, 7) is 3.90. The largest absolute Gasteiger partial charge is 0.368 e. The normalized spacial score (nSPS) is 20.7. The Hall–Kier alpha value is -3.06. The molecule has 2 aliphatic heterocycles. The first kappa shape index (κ1) is 23.3. The van der Waals surface area contributed by atoms with Crippen LogP contribution in [0.4, 0.5) is 20.7 Å². The van der Waals surface area contributed by atoms with Crippen molar-refractivity contribution >= 4 is 29.1 Å². The van der Waals surface area contributed by atoms with Gasteiger partial charge in [0.2, 0.25) is 0 Å². The molecule has 2 amide bonds. The summed E-state index contributed by atoms with van der Waals surface area (Å²) < 4.78 is 16.3. The molecule has 0 radical (unpaired) electrons. The lowest BCUT2D eigenvalue weighted by Gasteiger charge is -2.46. The number of benzene rings is 2. The molecule has 3 heterocycles. The number of carbonyl (C=O) groups is 1. The maximum absolute atomic E-state index is 14.5. The predicted octanol–water partition coefficient (Wildman–Crippen LogP) is 6.26. The zero-order chi connectivity index (χ0) is 25.0. The minimum atomic E-state index is -0.302. The van der Waals surface area contributed by atoms with Gasteiger partial charge < -0.3 is 9.80 Å². The van der Waals surface area contributed by atoms with Crippen LogP contribution in [-0.4, -0.2) is 39.8 Å². The number of hydrogen-bond donors (Lipinski definition) is 0. The van der Waals surface area contributed by atoms with Crippen molar-refractivity contribution < 1.29 is 9.18 Å². The van der Waals surface area contributed by atoms with Gasteiger partial charge in [-0.15, -0.1) is 0 Å². The van der Waals surface area contributed by atoms with E-state index in [2.05, 4.69) is 31.2 Å². The molecular weight excluding hydrogens is 477 g/mol. The van der Waals surface area contributed by atoms with Crippen molar-refractivity contribution in [3.8, 4) is 0 Å². The van der Waals surface area contributed by atoms with E-state index in [1.807, 2.05) is 27.9 Å². The molecule has 36 heavy (non-hydrogen) atoms. The lowest BCUT2D eigenvalue weighted by atomic mass is 9.97. The number of halogens is 2. The average molecular weight is 508 g/mol. The zero-order valence-corrected chi connectivity index (χ0v) is 21.5. The Morgan fingerprint density at radius 1 is 1.03 bits per heavy atom. The number of fused-ring (bicyclic) bond motifs is 1. The van der Waals surface area contributed by atoms with Gasteiger partial charge in [0.1, 0.15) is 5.82 Å². The topological polar surface area (TPSA) is 44.6 Å². The fourth-order valence-electron chi connectivity index (χ4n) is 5.96. The molecule has 6 rings (SSSR count). The number of nitrogens with zero attached hydrogens (tertiary/aromatic N) is 5. The van der Waals surface area contributed by atoms with Crippen LogP contribution in [0.5, 0.6) is 0 Å². The minimum absolute atomic E-state index is 0.00155. The van der Waals surface area contributed by atoms with Crippen LogP contribution in [-0.2, 0) is 13.6 Å². The van der Waals surface area contributed by atoms with E-state index in [1.165, 1.54) is 30.0 Å². The smallest absolute Gasteiger partial charge is 0.326 e. The highest BCUT2D eigenvalue weighted by atomic mass is 35.5. The molecule has 2 aromatic carbocycles. The Morgan fingerprint density at radius 3 is 2.50 bits per heavy atom. The van der Waals surface area contributed by atoms with E-state index in [4.69, 9.17) is 16.7 Å². The third-order valence-corrected chi connectivity index (χ3v) is 8.23. The molecule has 1 saturated carbocycles. The third-order valence-electron chi connectivity index (χ3n) is 7.92. The Balaban J connectivity index is 1.27. The fourth-order valence-corrected chi connectivity index (χ4v) is 6.24. The van der Waals surface area contributed by atoms with E-state index >= 15 is 0 Å². The van der Waals surface area contributed by atoms with Gasteiger partial charge in [0.05, 0.1) is 23.3 Å². The zero-order valence-electron chi connectivity index (χ0n) is 20.7. The van der Waals surface area contributed by atoms with Crippen molar-refractivity contribution in [2.45, 2.75) is 57.2 Å². The summed E-state index contributed by atoms with van der Waals surface area (Å²) in [5.41, 5.74) is 4.08. The highest BCUT2D eigenvalue weighted by Crippen LogP contribution is 2.44. The fraction of sp³-hybridized carbons (Fsp3) is 0.429. The van der Waals surface area contributed by atoms with Gasteiger partial charge in [0.25, 0.3) is 0 Å². The number of anilines is 2. The summed E-state index contributed by atoms with van der Waals surface area (Å²) in [6, 6.07) is 13.3. The Morgan fingerprint density at radius 2 is 1.78 bits per heavy atom. The molecule has 0 bridgehead atoms. The summed E-state index contributed by atoms with van der Waals surface area (Å²) in [5.74, 6) is 1.06. The molecule has 1 saturated heterocycles. The van der Waals surface area contributed by atoms with E-state index in [9.17, 15) is 9.18 Å². The van der Waals surface area contributed by atoms with Crippen LogP contribution in [0, 0.1) is 5.82 Å². The maximum Gasteiger partial charge on any atom is 0.326 e. The van der Waals surface area contributed by atoms with Gasteiger partial charge in [-0.25, -0.2) is 9.18 Å². The van der Waals surface area contributed by atoms with Crippen LogP contribution in [0.3, 0.4) is 0 Å². The second kappa shape index (κ2) is 9.11. The molecule has 3 aromatic rings. The lowest BCUT2D eigenvalue weighted by Crippen LogP contribution is -2.55. The second-order valence-corrected chi connectivity index (χ2v) is 10.7. The predicted molar refractivity (Wildman–Crippen MR) is 140 cm³/mol. The van der Waals surface area contributed by atoms with Gasteiger partial charge in [0, 0.05) is 37.9 Å². The SMILES string of the molecule is CC1c2cn(C)nc2N(Cc2ccccc2C2CC2)C(=O)N1C1CCN(c2c(F)cccc2Cl)CC1. The van der Waals surface area contributed by atoms with Gasteiger partial charge in [0.15, 0.2) is 5.82 Å². The number of carbonyl (C=O) groups excluding carboxylic acids is 1. The van der Waals surface area contributed by atoms with Crippen molar-refractivity contribution in [2.24, 2.45) is 7.05 Å². The van der Waals surface area contributed by atoms with Crippen LogP contribution in [0.25, 0.3) is 0 Å². The van der Waals surface area contributed by atoms with Crippen molar-refractivity contribution in [1.29, 1.82) is 0 Å². The number of aryl methyl sites for hydroxylation is 1. The van der Waals surface area contributed by atoms with Crippen molar-refractivity contribution in [3.63, 3.8) is 0 Å². The Bertz CT molecular complexity index is 1280. The van der Waals surface area contributed by atoms with E-state index in [-0.39, 0.29) is 23.9 Å². The molecule has 3 aliphatic rings. The van der Waals surface area contributed by atoms with E-state index < -0.39 is 0 Å². The van der Waals surface area contributed by atoms with Gasteiger partial charge in [-0.2, -0.15) is 5.10 Å². The third kappa shape index (κ3) is 4.03. The molecule has 0 N–H and O–H groups in total. The highest BCUT2D eigenvalue weighted by Gasteiger charge is 2.42. The van der Waals surface area contributed by atoms with E-state index in [0.29, 0.717) is 36.3 Å². The van der Waals surface area contributed by atoms with Gasteiger partial charge in [-0.05, 0) is 61.8 Å². The first-order valence-corrected chi connectivity index (χ1v) is 13.2. The second-order valence-electron chi connectivity index (χ2n) is 10.3. The number of aromatic nitrogens is 2. The average Bonchev–Trinajstić information content (AvgIpc) is 3.63. The van der Waals surface area contributed by atoms with Crippen molar-refractivity contribution in [1.82, 2.24) is 14.7 Å². The number of piperidine rings is 1. The van der Waals surface area contributed by atoms with Crippen molar-refractivity contribution in [3.05, 3.63) is 76.2 Å². The van der Waals surface area contributed by atoms with Gasteiger partial charge >= 0.3 is 6.03 Å². The van der Waals surface area contributed by atoms with E-state index in [1.54, 1.807) is 16.8 Å². The standard InChI is InChI=1S/C28H31ClFN5O/c1-18-23-17-32(2)31-27(23)34(16-20-6-3-4-7-22(20)19-10-11-19)28(36)35(18)21-12-14-33(15-13-21)26-24(29)8-5-9-25(26)30/h3-9,17-19,21H,10-16H2,1-2H3. The number of urea groups is 1.